The fourth-order valence-corrected chi connectivity index (χ4v) is 10.8. The standard InChI is InChI=1S/C37H53NO9/c1-19(40)31-26(25-16-22(44-5)8-10-29(25)45-6)17-28-24-9-7-21-15-23(11-13-36(21,3)27(24)12-14-37(28,31)4)46-35-32(38-20(2)41)34(43)33(42)30(18-39)47-35/h7-8,10,16,23-24,26-28,30-35,39,42-43H,9,11-15,17-18H2,1-6H3,(H,38,41)/t23?,24?,26?,27?,28?,30-,31?,32-,33?,34-,35?,36?,37?/m1/s1. The zero-order valence-corrected chi connectivity index (χ0v) is 28.6. The van der Waals surface area contributed by atoms with Crippen LogP contribution in [0.4, 0.5) is 0 Å². The van der Waals surface area contributed by atoms with Crippen LogP contribution >= 0.6 is 0 Å². The predicted octanol–water partition coefficient (Wildman–Crippen LogP) is 3.89. The van der Waals surface area contributed by atoms with E-state index in [0.717, 1.165) is 62.0 Å². The number of carbonyl (C=O) groups excluding carboxylic acids is 2. The number of hydrogen-bond donors (Lipinski definition) is 4. The molecule has 4 N–H and O–H groups in total. The maximum Gasteiger partial charge on any atom is 0.217 e. The average molecular weight is 656 g/mol. The molecule has 1 amide bonds. The van der Waals surface area contributed by atoms with Crippen molar-refractivity contribution in [2.75, 3.05) is 20.8 Å². The number of allylic oxidation sites excluding steroid dienone is 1. The lowest BCUT2D eigenvalue weighted by Crippen LogP contribution is -2.65. The number of ketones is 1. The molecule has 5 aliphatic rings. The lowest BCUT2D eigenvalue weighted by molar-refractivity contribution is -0.284. The van der Waals surface area contributed by atoms with E-state index < -0.39 is 37.3 Å². The van der Waals surface area contributed by atoms with Crippen LogP contribution in [0.15, 0.2) is 29.8 Å². The first-order valence-corrected chi connectivity index (χ1v) is 17.3. The molecule has 0 spiro atoms. The molecule has 10 nitrogen and oxygen atoms in total. The third kappa shape index (κ3) is 5.82. The molecule has 0 bridgehead atoms. The minimum Gasteiger partial charge on any atom is -0.497 e. The second-order valence-corrected chi connectivity index (χ2v) is 15.3. The van der Waals surface area contributed by atoms with Gasteiger partial charge in [-0.1, -0.05) is 25.5 Å². The van der Waals surface area contributed by atoms with Crippen molar-refractivity contribution in [2.24, 2.45) is 34.5 Å². The molecule has 1 heterocycles. The average Bonchev–Trinajstić information content (AvgIpc) is 3.37. The Morgan fingerprint density at radius 1 is 1.04 bits per heavy atom. The highest BCUT2D eigenvalue weighted by atomic mass is 16.7. The van der Waals surface area contributed by atoms with Crippen LogP contribution in [0.3, 0.4) is 0 Å². The second kappa shape index (κ2) is 13.1. The lowest BCUT2D eigenvalue weighted by atomic mass is 9.47. The number of amides is 1. The number of rotatable bonds is 8. The number of aliphatic hydroxyl groups excluding tert-OH is 3. The molecule has 0 radical (unpaired) electrons. The van der Waals surface area contributed by atoms with Gasteiger partial charge in [-0.05, 0) is 105 Å². The molecule has 3 saturated carbocycles. The van der Waals surface area contributed by atoms with E-state index in [2.05, 4.69) is 31.3 Å². The van der Waals surface area contributed by atoms with Crippen molar-refractivity contribution in [3.8, 4) is 11.5 Å². The van der Waals surface area contributed by atoms with Crippen molar-refractivity contribution in [1.82, 2.24) is 5.32 Å². The summed E-state index contributed by atoms with van der Waals surface area (Å²) in [5, 5.41) is 33.6. The molecule has 10 unspecified atom stereocenters. The Bertz CT molecular complexity index is 1380. The third-order valence-electron chi connectivity index (χ3n) is 13.0. The normalized spacial score (nSPS) is 42.7. The van der Waals surface area contributed by atoms with Crippen molar-refractivity contribution in [3.05, 3.63) is 35.4 Å². The summed E-state index contributed by atoms with van der Waals surface area (Å²) in [5.74, 6) is 2.82. The molecule has 4 aliphatic carbocycles. The van der Waals surface area contributed by atoms with E-state index in [-0.39, 0.29) is 40.5 Å². The third-order valence-corrected chi connectivity index (χ3v) is 13.0. The van der Waals surface area contributed by atoms with Gasteiger partial charge in [-0.25, -0.2) is 0 Å². The molecular formula is C37H53NO9. The Morgan fingerprint density at radius 2 is 1.81 bits per heavy atom. The smallest absolute Gasteiger partial charge is 0.217 e. The minimum absolute atomic E-state index is 0.00930. The molecule has 47 heavy (non-hydrogen) atoms. The molecule has 6 rings (SSSR count). The predicted molar refractivity (Wildman–Crippen MR) is 174 cm³/mol. The van der Waals surface area contributed by atoms with Gasteiger partial charge in [-0.3, -0.25) is 9.59 Å². The zero-order valence-electron chi connectivity index (χ0n) is 28.6. The number of Topliss-reactive ketones (excluding diaryl/α,β-unsaturated/α-hetero) is 1. The summed E-state index contributed by atoms with van der Waals surface area (Å²) in [6, 6.07) is 4.98. The van der Waals surface area contributed by atoms with Crippen molar-refractivity contribution in [3.63, 3.8) is 0 Å². The number of ether oxygens (including phenoxy) is 4. The number of fused-ring (bicyclic) bond motifs is 5. The Hall–Kier alpha value is -2.50. The van der Waals surface area contributed by atoms with Gasteiger partial charge in [-0.2, -0.15) is 0 Å². The van der Waals surface area contributed by atoms with Gasteiger partial charge in [0.25, 0.3) is 0 Å². The Balaban J connectivity index is 1.24. The fourth-order valence-electron chi connectivity index (χ4n) is 10.8. The van der Waals surface area contributed by atoms with E-state index >= 15 is 0 Å². The number of carbonyl (C=O) groups is 2. The van der Waals surface area contributed by atoms with Crippen LogP contribution in [0, 0.1) is 34.5 Å². The van der Waals surface area contributed by atoms with Gasteiger partial charge in [0, 0.05) is 18.4 Å². The molecule has 1 aromatic rings. The first kappa shape index (κ1) is 34.4. The van der Waals surface area contributed by atoms with Gasteiger partial charge in [0.2, 0.25) is 5.91 Å². The van der Waals surface area contributed by atoms with Crippen LogP contribution in [-0.4, -0.2) is 84.6 Å². The van der Waals surface area contributed by atoms with E-state index in [1.807, 2.05) is 12.1 Å². The van der Waals surface area contributed by atoms with Crippen molar-refractivity contribution >= 4 is 11.7 Å². The number of methoxy groups -OCH3 is 2. The Labute approximate surface area is 278 Å². The summed E-state index contributed by atoms with van der Waals surface area (Å²) >= 11 is 0. The first-order valence-electron chi connectivity index (χ1n) is 17.3. The van der Waals surface area contributed by atoms with Crippen molar-refractivity contribution in [1.29, 1.82) is 0 Å². The highest BCUT2D eigenvalue weighted by molar-refractivity contribution is 5.81. The lowest BCUT2D eigenvalue weighted by Gasteiger charge is -2.58. The van der Waals surface area contributed by atoms with Gasteiger partial charge >= 0.3 is 0 Å². The maximum atomic E-state index is 13.5. The molecule has 10 heteroatoms. The quantitative estimate of drug-likeness (QED) is 0.307. The molecule has 4 fully saturated rings. The highest BCUT2D eigenvalue weighted by Gasteiger charge is 2.62. The van der Waals surface area contributed by atoms with E-state index in [9.17, 15) is 24.9 Å². The zero-order chi connectivity index (χ0) is 33.8. The Morgan fingerprint density at radius 3 is 2.47 bits per heavy atom. The monoisotopic (exact) mass is 655 g/mol. The number of nitrogens with one attached hydrogen (secondary N) is 1. The van der Waals surface area contributed by atoms with E-state index in [4.69, 9.17) is 18.9 Å². The Kier molecular flexibility index (Phi) is 9.57. The minimum atomic E-state index is -1.34. The largest absolute Gasteiger partial charge is 0.497 e. The van der Waals surface area contributed by atoms with Crippen LogP contribution < -0.4 is 14.8 Å². The van der Waals surface area contributed by atoms with Crippen molar-refractivity contribution < 1.29 is 43.9 Å². The van der Waals surface area contributed by atoms with Gasteiger partial charge in [0.15, 0.2) is 6.29 Å². The van der Waals surface area contributed by atoms with Crippen LogP contribution in [0.2, 0.25) is 0 Å². The molecular weight excluding hydrogens is 602 g/mol. The molecule has 1 aromatic carbocycles. The molecule has 1 saturated heterocycles. The summed E-state index contributed by atoms with van der Waals surface area (Å²) in [5.41, 5.74) is 2.37. The summed E-state index contributed by atoms with van der Waals surface area (Å²) < 4.78 is 23.7. The second-order valence-electron chi connectivity index (χ2n) is 15.3. The fraction of sp³-hybridized carbons (Fsp3) is 0.730. The maximum absolute atomic E-state index is 13.5. The number of hydrogen-bond acceptors (Lipinski definition) is 9. The number of benzene rings is 1. The molecule has 260 valence electrons. The topological polar surface area (TPSA) is 144 Å². The van der Waals surface area contributed by atoms with Gasteiger partial charge in [0.1, 0.15) is 41.6 Å². The highest BCUT2D eigenvalue weighted by Crippen LogP contribution is 2.69. The van der Waals surface area contributed by atoms with E-state index in [0.29, 0.717) is 17.8 Å². The number of aliphatic hydroxyl groups is 3. The van der Waals surface area contributed by atoms with Crippen LogP contribution in [0.5, 0.6) is 11.5 Å². The molecule has 1 aliphatic heterocycles. The first-order chi connectivity index (χ1) is 22.4. The summed E-state index contributed by atoms with van der Waals surface area (Å²) in [6.45, 7) is 7.41. The van der Waals surface area contributed by atoms with E-state index in [1.54, 1.807) is 21.1 Å². The molecule has 13 atom stereocenters. The summed E-state index contributed by atoms with van der Waals surface area (Å²) in [4.78, 5) is 25.4. The van der Waals surface area contributed by atoms with Crippen molar-refractivity contribution in [2.45, 2.75) is 115 Å². The summed E-state index contributed by atoms with van der Waals surface area (Å²) in [6.07, 6.45) is 3.97. The van der Waals surface area contributed by atoms with Crippen LogP contribution in [-0.2, 0) is 19.1 Å². The van der Waals surface area contributed by atoms with Crippen LogP contribution in [0.1, 0.15) is 84.1 Å². The summed E-state index contributed by atoms with van der Waals surface area (Å²) in [7, 11) is 3.36. The van der Waals surface area contributed by atoms with Gasteiger partial charge in [-0.15, -0.1) is 0 Å². The van der Waals surface area contributed by atoms with Crippen LogP contribution in [0.25, 0.3) is 0 Å². The SMILES string of the molecule is COc1ccc(OC)c(C2CC3C4CC=C5CC(OC6O[C@H](CO)C(O)[C@H](O)[C@H]6NC(C)=O)CCC5(C)C4CCC3(C)C2C(C)=O)c1. The molecule has 0 aromatic heterocycles. The van der Waals surface area contributed by atoms with Gasteiger partial charge in [0.05, 0.1) is 26.9 Å². The van der Waals surface area contributed by atoms with Gasteiger partial charge < -0.3 is 39.6 Å². The van der Waals surface area contributed by atoms with E-state index in [1.165, 1.54) is 12.5 Å².